The Morgan fingerprint density at radius 3 is 2.76 bits per heavy atom. The van der Waals surface area contributed by atoms with Crippen molar-refractivity contribution >= 4 is 29.3 Å². The zero-order chi connectivity index (χ0) is 20.6. The van der Waals surface area contributed by atoms with E-state index in [1.54, 1.807) is 43.1 Å². The number of nitrogens with one attached hydrogen (secondary N) is 2. The van der Waals surface area contributed by atoms with Crippen molar-refractivity contribution in [2.75, 3.05) is 13.3 Å². The molecule has 0 aliphatic carbocycles. The Bertz CT molecular complexity index is 995. The highest BCUT2D eigenvalue weighted by molar-refractivity contribution is 7.97. The third-order valence-electron chi connectivity index (χ3n) is 4.10. The molecule has 3 aromatic rings. The van der Waals surface area contributed by atoms with Crippen molar-refractivity contribution in [1.29, 1.82) is 0 Å². The lowest BCUT2D eigenvalue weighted by Gasteiger charge is -2.13. The number of aromatic nitrogens is 2. The second-order valence-electron chi connectivity index (χ2n) is 6.15. The van der Waals surface area contributed by atoms with Gasteiger partial charge in [-0.15, -0.1) is 0 Å². The number of nitrogens with zero attached hydrogens (tertiary/aromatic N) is 3. The first-order chi connectivity index (χ1) is 14.1. The first-order valence-electron chi connectivity index (χ1n) is 8.88. The summed E-state index contributed by atoms with van der Waals surface area (Å²) in [7, 11) is 1.67. The molecule has 0 atom stereocenters. The van der Waals surface area contributed by atoms with Gasteiger partial charge in [0.1, 0.15) is 5.82 Å². The van der Waals surface area contributed by atoms with Crippen molar-refractivity contribution in [3.05, 3.63) is 70.3 Å². The quantitative estimate of drug-likeness (QED) is 0.428. The lowest BCUT2D eigenvalue weighted by molar-refractivity contribution is 0.375. The van der Waals surface area contributed by atoms with Crippen molar-refractivity contribution in [3.8, 4) is 11.4 Å². The molecule has 2 aromatic carbocycles. The molecule has 152 valence electrons. The minimum atomic E-state index is -0.229. The zero-order valence-electron chi connectivity index (χ0n) is 16.1. The number of hydrogen-bond acceptors (Lipinski definition) is 5. The molecule has 0 spiro atoms. The molecule has 1 heterocycles. The molecule has 6 nitrogen and oxygen atoms in total. The number of benzene rings is 2. The molecule has 0 saturated heterocycles. The van der Waals surface area contributed by atoms with Crippen molar-refractivity contribution in [2.24, 2.45) is 4.99 Å². The first-order valence-corrected chi connectivity index (χ1v) is 10.7. The van der Waals surface area contributed by atoms with Gasteiger partial charge in [-0.25, -0.2) is 4.39 Å². The van der Waals surface area contributed by atoms with Gasteiger partial charge >= 0.3 is 0 Å². The Balaban J connectivity index is 1.58. The van der Waals surface area contributed by atoms with Gasteiger partial charge in [-0.3, -0.25) is 4.99 Å². The second kappa shape index (κ2) is 10.3. The van der Waals surface area contributed by atoms with E-state index >= 15 is 0 Å². The zero-order valence-corrected chi connectivity index (χ0v) is 17.6. The Labute approximate surface area is 178 Å². The molecule has 1 aromatic heterocycles. The molecule has 2 N–H and O–H groups in total. The molecule has 9 heteroatoms. The predicted molar refractivity (Wildman–Crippen MR) is 115 cm³/mol. The SMILES string of the molecule is CN=C(NCc1nc(-c2cccc(Cl)c2)no1)NCc1ccc(F)cc1CSC. The van der Waals surface area contributed by atoms with Crippen LogP contribution in [-0.4, -0.2) is 29.4 Å². The van der Waals surface area contributed by atoms with E-state index in [4.69, 9.17) is 16.1 Å². The number of guanidine groups is 1. The van der Waals surface area contributed by atoms with E-state index in [0.29, 0.717) is 35.8 Å². The highest BCUT2D eigenvalue weighted by atomic mass is 35.5. The maximum Gasteiger partial charge on any atom is 0.246 e. The molecule has 0 saturated carbocycles. The van der Waals surface area contributed by atoms with E-state index in [1.165, 1.54) is 6.07 Å². The van der Waals surface area contributed by atoms with Gasteiger partial charge in [-0.1, -0.05) is 35.0 Å². The van der Waals surface area contributed by atoms with Gasteiger partial charge in [0.25, 0.3) is 0 Å². The molecule has 0 fully saturated rings. The summed E-state index contributed by atoms with van der Waals surface area (Å²) in [5.41, 5.74) is 2.76. The average Bonchev–Trinajstić information content (AvgIpc) is 3.19. The molecule has 0 unspecified atom stereocenters. The number of hydrogen-bond donors (Lipinski definition) is 2. The van der Waals surface area contributed by atoms with Crippen LogP contribution in [0.2, 0.25) is 5.02 Å². The monoisotopic (exact) mass is 433 g/mol. The van der Waals surface area contributed by atoms with Crippen LogP contribution in [0.1, 0.15) is 17.0 Å². The molecular weight excluding hydrogens is 413 g/mol. The van der Waals surface area contributed by atoms with Crippen molar-refractivity contribution in [2.45, 2.75) is 18.8 Å². The van der Waals surface area contributed by atoms with Gasteiger partial charge < -0.3 is 15.2 Å². The van der Waals surface area contributed by atoms with Crippen molar-refractivity contribution in [3.63, 3.8) is 0 Å². The van der Waals surface area contributed by atoms with E-state index in [-0.39, 0.29) is 5.82 Å². The Kier molecular flexibility index (Phi) is 7.48. The van der Waals surface area contributed by atoms with Crippen LogP contribution in [0.5, 0.6) is 0 Å². The maximum absolute atomic E-state index is 13.5. The van der Waals surface area contributed by atoms with Gasteiger partial charge in [0.2, 0.25) is 11.7 Å². The first kappa shape index (κ1) is 21.1. The Hall–Kier alpha value is -2.58. The van der Waals surface area contributed by atoms with Crippen molar-refractivity contribution in [1.82, 2.24) is 20.8 Å². The van der Waals surface area contributed by atoms with Crippen LogP contribution in [-0.2, 0) is 18.8 Å². The fourth-order valence-electron chi connectivity index (χ4n) is 2.69. The second-order valence-corrected chi connectivity index (χ2v) is 7.45. The maximum atomic E-state index is 13.5. The number of rotatable bonds is 7. The third kappa shape index (κ3) is 5.95. The summed E-state index contributed by atoms with van der Waals surface area (Å²) in [4.78, 5) is 8.56. The Morgan fingerprint density at radius 1 is 1.17 bits per heavy atom. The number of aliphatic imine (C=N–C) groups is 1. The molecule has 0 radical (unpaired) electrons. The van der Waals surface area contributed by atoms with Crippen LogP contribution >= 0.6 is 23.4 Å². The van der Waals surface area contributed by atoms with E-state index < -0.39 is 0 Å². The minimum absolute atomic E-state index is 0.229. The van der Waals surface area contributed by atoms with E-state index in [2.05, 4.69) is 25.8 Å². The smallest absolute Gasteiger partial charge is 0.246 e. The van der Waals surface area contributed by atoms with Crippen molar-refractivity contribution < 1.29 is 8.91 Å². The highest BCUT2D eigenvalue weighted by Crippen LogP contribution is 2.20. The van der Waals surface area contributed by atoms with Crippen LogP contribution in [0.3, 0.4) is 0 Å². The summed E-state index contributed by atoms with van der Waals surface area (Å²) in [6, 6.07) is 12.1. The molecule has 0 aliphatic rings. The van der Waals surface area contributed by atoms with Crippen LogP contribution in [0.25, 0.3) is 11.4 Å². The number of halogens is 2. The van der Waals surface area contributed by atoms with E-state index in [1.807, 2.05) is 18.4 Å². The lowest BCUT2D eigenvalue weighted by Crippen LogP contribution is -2.36. The largest absolute Gasteiger partial charge is 0.352 e. The van der Waals surface area contributed by atoms with Gasteiger partial charge in [0.05, 0.1) is 6.54 Å². The highest BCUT2D eigenvalue weighted by Gasteiger charge is 2.10. The number of thioether (sulfide) groups is 1. The lowest BCUT2D eigenvalue weighted by atomic mass is 10.1. The summed E-state index contributed by atoms with van der Waals surface area (Å²) < 4.78 is 18.8. The molecule has 3 rings (SSSR count). The standard InChI is InChI=1S/C20H21ClFN5OS/c1-23-20(24-10-14-6-7-17(22)9-15(14)12-29-2)25-11-18-26-19(27-28-18)13-4-3-5-16(21)8-13/h3-9H,10-12H2,1-2H3,(H2,23,24,25). The van der Waals surface area contributed by atoms with Gasteiger partial charge in [0.15, 0.2) is 5.96 Å². The topological polar surface area (TPSA) is 75.3 Å². The normalized spacial score (nSPS) is 11.5. The van der Waals surface area contributed by atoms with Crippen LogP contribution in [0, 0.1) is 5.82 Å². The van der Waals surface area contributed by atoms with E-state index in [9.17, 15) is 4.39 Å². The fraction of sp³-hybridized carbons (Fsp3) is 0.250. The summed E-state index contributed by atoms with van der Waals surface area (Å²) in [6.45, 7) is 0.835. The summed E-state index contributed by atoms with van der Waals surface area (Å²) in [5, 5.41) is 10.9. The Morgan fingerprint density at radius 2 is 2.00 bits per heavy atom. The third-order valence-corrected chi connectivity index (χ3v) is 4.93. The minimum Gasteiger partial charge on any atom is -0.352 e. The van der Waals surface area contributed by atoms with Gasteiger partial charge in [-0.2, -0.15) is 16.7 Å². The van der Waals surface area contributed by atoms with Crippen LogP contribution < -0.4 is 10.6 Å². The van der Waals surface area contributed by atoms with Gasteiger partial charge in [-0.05, 0) is 41.6 Å². The van der Waals surface area contributed by atoms with Crippen LogP contribution in [0.4, 0.5) is 4.39 Å². The fourth-order valence-corrected chi connectivity index (χ4v) is 3.46. The average molecular weight is 434 g/mol. The molecular formula is C20H21ClFN5OS. The molecule has 0 bridgehead atoms. The predicted octanol–water partition coefficient (Wildman–Crippen LogP) is 4.26. The molecule has 0 aliphatic heterocycles. The molecule has 0 amide bonds. The van der Waals surface area contributed by atoms with Gasteiger partial charge in [0, 0.05) is 29.9 Å². The van der Waals surface area contributed by atoms with Crippen LogP contribution in [0.15, 0.2) is 52.0 Å². The molecule has 29 heavy (non-hydrogen) atoms. The van der Waals surface area contributed by atoms with E-state index in [0.717, 1.165) is 22.4 Å². The summed E-state index contributed by atoms with van der Waals surface area (Å²) in [5.74, 6) is 1.99. The summed E-state index contributed by atoms with van der Waals surface area (Å²) in [6.07, 6.45) is 1.99. The summed E-state index contributed by atoms with van der Waals surface area (Å²) >= 11 is 7.65.